The van der Waals surface area contributed by atoms with Gasteiger partial charge in [0.2, 0.25) is 5.91 Å². The Bertz CT molecular complexity index is 670. The third-order valence-corrected chi connectivity index (χ3v) is 3.87. The van der Waals surface area contributed by atoms with Gasteiger partial charge >= 0.3 is 0 Å². The maximum atomic E-state index is 12.2. The highest BCUT2D eigenvalue weighted by Gasteiger charge is 2.09. The van der Waals surface area contributed by atoms with E-state index in [9.17, 15) is 4.79 Å². The van der Waals surface area contributed by atoms with Gasteiger partial charge in [-0.2, -0.15) is 0 Å². The average molecular weight is 317 g/mol. The monoisotopic (exact) mass is 316 g/mol. The fourth-order valence-electron chi connectivity index (χ4n) is 2.32. The first kappa shape index (κ1) is 16.5. The van der Waals surface area contributed by atoms with E-state index in [1.54, 1.807) is 0 Å². The molecule has 2 aromatic carbocycles. The largest absolute Gasteiger partial charge is 0.325 e. The van der Waals surface area contributed by atoms with Crippen molar-refractivity contribution in [2.45, 2.75) is 20.4 Å². The summed E-state index contributed by atoms with van der Waals surface area (Å²) < 4.78 is 0. The van der Waals surface area contributed by atoms with Crippen LogP contribution in [0.2, 0.25) is 5.02 Å². The molecule has 22 heavy (non-hydrogen) atoms. The van der Waals surface area contributed by atoms with Gasteiger partial charge in [0.05, 0.1) is 6.54 Å². The molecule has 0 aliphatic carbocycles. The Hall–Kier alpha value is -1.84. The minimum Gasteiger partial charge on any atom is -0.325 e. The van der Waals surface area contributed by atoms with Crippen LogP contribution in [0.5, 0.6) is 0 Å². The number of benzene rings is 2. The van der Waals surface area contributed by atoms with E-state index >= 15 is 0 Å². The van der Waals surface area contributed by atoms with Crippen LogP contribution in [0.1, 0.15) is 16.7 Å². The maximum Gasteiger partial charge on any atom is 0.238 e. The number of amides is 1. The molecule has 0 fully saturated rings. The molecule has 0 saturated carbocycles. The van der Waals surface area contributed by atoms with Crippen LogP contribution in [0.4, 0.5) is 5.69 Å². The molecular formula is C18H21ClN2O. The summed E-state index contributed by atoms with van der Waals surface area (Å²) in [7, 11) is 1.92. The van der Waals surface area contributed by atoms with E-state index in [4.69, 9.17) is 11.6 Å². The van der Waals surface area contributed by atoms with E-state index in [1.165, 1.54) is 5.56 Å². The number of carbonyl (C=O) groups excluding carboxylic acids is 1. The highest BCUT2D eigenvalue weighted by Crippen LogP contribution is 2.18. The predicted octanol–water partition coefficient (Wildman–Crippen LogP) is 4.03. The lowest BCUT2D eigenvalue weighted by Gasteiger charge is -2.17. The van der Waals surface area contributed by atoms with Crippen molar-refractivity contribution in [1.82, 2.24) is 4.90 Å². The lowest BCUT2D eigenvalue weighted by atomic mass is 10.1. The van der Waals surface area contributed by atoms with Gasteiger partial charge in [-0.05, 0) is 55.8 Å². The second-order valence-corrected chi connectivity index (χ2v) is 6.03. The molecule has 1 N–H and O–H groups in total. The standard InChI is InChI=1S/C18H21ClN2O/c1-13-6-4-9-17(14(13)2)20-18(22)12-21(3)11-15-7-5-8-16(19)10-15/h4-10H,11-12H2,1-3H3,(H,20,22). The Labute approximate surface area is 136 Å². The molecule has 4 heteroatoms. The highest BCUT2D eigenvalue weighted by atomic mass is 35.5. The summed E-state index contributed by atoms with van der Waals surface area (Å²) in [4.78, 5) is 14.1. The van der Waals surface area contributed by atoms with Crippen molar-refractivity contribution in [1.29, 1.82) is 0 Å². The first-order chi connectivity index (χ1) is 10.5. The van der Waals surface area contributed by atoms with Crippen LogP contribution < -0.4 is 5.32 Å². The van der Waals surface area contributed by atoms with Crippen LogP contribution in [0, 0.1) is 13.8 Å². The molecule has 0 unspecified atom stereocenters. The molecule has 0 bridgehead atoms. The molecule has 2 rings (SSSR count). The van der Waals surface area contributed by atoms with Gasteiger partial charge in [0.15, 0.2) is 0 Å². The third-order valence-electron chi connectivity index (χ3n) is 3.63. The summed E-state index contributed by atoms with van der Waals surface area (Å²) in [6, 6.07) is 13.6. The Morgan fingerprint density at radius 3 is 2.64 bits per heavy atom. The molecule has 1 amide bonds. The fourth-order valence-corrected chi connectivity index (χ4v) is 2.54. The van der Waals surface area contributed by atoms with E-state index in [-0.39, 0.29) is 5.91 Å². The Morgan fingerprint density at radius 2 is 1.91 bits per heavy atom. The predicted molar refractivity (Wildman–Crippen MR) is 92.3 cm³/mol. The highest BCUT2D eigenvalue weighted by molar-refractivity contribution is 6.30. The molecule has 0 aromatic heterocycles. The van der Waals surface area contributed by atoms with Gasteiger partial charge in [0, 0.05) is 17.3 Å². The molecule has 0 saturated heterocycles. The number of carbonyl (C=O) groups is 1. The molecule has 0 radical (unpaired) electrons. The normalized spacial score (nSPS) is 10.8. The average Bonchev–Trinajstić information content (AvgIpc) is 2.43. The number of anilines is 1. The lowest BCUT2D eigenvalue weighted by molar-refractivity contribution is -0.117. The second kappa shape index (κ2) is 7.43. The zero-order chi connectivity index (χ0) is 16.1. The quantitative estimate of drug-likeness (QED) is 0.903. The van der Waals surface area contributed by atoms with Crippen molar-refractivity contribution in [3.05, 3.63) is 64.2 Å². The SMILES string of the molecule is Cc1cccc(NC(=O)CN(C)Cc2cccc(Cl)c2)c1C. The second-order valence-electron chi connectivity index (χ2n) is 5.60. The summed E-state index contributed by atoms with van der Waals surface area (Å²) in [5.41, 5.74) is 4.24. The van der Waals surface area contributed by atoms with Crippen LogP contribution >= 0.6 is 11.6 Å². The number of likely N-dealkylation sites (N-methyl/N-ethyl adjacent to an activating group) is 1. The van der Waals surface area contributed by atoms with Crippen molar-refractivity contribution in [2.24, 2.45) is 0 Å². The van der Waals surface area contributed by atoms with Crippen LogP contribution in [-0.4, -0.2) is 24.4 Å². The molecule has 0 aliphatic heterocycles. The van der Waals surface area contributed by atoms with Gasteiger partial charge in [0.1, 0.15) is 0 Å². The van der Waals surface area contributed by atoms with Gasteiger partial charge in [-0.3, -0.25) is 9.69 Å². The fraction of sp³-hybridized carbons (Fsp3) is 0.278. The van der Waals surface area contributed by atoms with E-state index in [1.807, 2.05) is 68.3 Å². The van der Waals surface area contributed by atoms with Crippen LogP contribution in [0.15, 0.2) is 42.5 Å². The minimum absolute atomic E-state index is 0.0155. The summed E-state index contributed by atoms with van der Waals surface area (Å²) in [5.74, 6) is -0.0155. The number of nitrogens with zero attached hydrogens (tertiary/aromatic N) is 1. The Morgan fingerprint density at radius 1 is 1.18 bits per heavy atom. The van der Waals surface area contributed by atoms with Crippen molar-refractivity contribution in [2.75, 3.05) is 18.9 Å². The summed E-state index contributed by atoms with van der Waals surface area (Å²) in [6.07, 6.45) is 0. The molecule has 2 aromatic rings. The Kier molecular flexibility index (Phi) is 5.58. The number of hydrogen-bond acceptors (Lipinski definition) is 2. The minimum atomic E-state index is -0.0155. The first-order valence-corrected chi connectivity index (χ1v) is 7.62. The molecule has 116 valence electrons. The third kappa shape index (κ3) is 4.58. The van der Waals surface area contributed by atoms with Crippen molar-refractivity contribution < 1.29 is 4.79 Å². The number of nitrogens with one attached hydrogen (secondary N) is 1. The molecule has 0 atom stereocenters. The van der Waals surface area contributed by atoms with Gasteiger partial charge in [-0.1, -0.05) is 35.9 Å². The van der Waals surface area contributed by atoms with Gasteiger partial charge < -0.3 is 5.32 Å². The molecule has 0 spiro atoms. The lowest BCUT2D eigenvalue weighted by Crippen LogP contribution is -2.30. The van der Waals surface area contributed by atoms with E-state index in [0.717, 1.165) is 16.8 Å². The molecular weight excluding hydrogens is 296 g/mol. The summed E-state index contributed by atoms with van der Waals surface area (Å²) in [6.45, 7) is 5.07. The maximum absolute atomic E-state index is 12.2. The topological polar surface area (TPSA) is 32.3 Å². The number of aryl methyl sites for hydroxylation is 1. The molecule has 0 aliphatic rings. The summed E-state index contributed by atoms with van der Waals surface area (Å²) >= 11 is 5.98. The molecule has 0 heterocycles. The summed E-state index contributed by atoms with van der Waals surface area (Å²) in [5, 5.41) is 3.69. The van der Waals surface area contributed by atoms with Crippen LogP contribution in [-0.2, 0) is 11.3 Å². The van der Waals surface area contributed by atoms with E-state index < -0.39 is 0 Å². The van der Waals surface area contributed by atoms with Crippen molar-refractivity contribution in [3.63, 3.8) is 0 Å². The van der Waals surface area contributed by atoms with Crippen LogP contribution in [0.25, 0.3) is 0 Å². The number of halogens is 1. The van der Waals surface area contributed by atoms with Crippen molar-refractivity contribution in [3.8, 4) is 0 Å². The zero-order valence-corrected chi connectivity index (χ0v) is 13.9. The Balaban J connectivity index is 1.92. The van der Waals surface area contributed by atoms with Gasteiger partial charge in [0.25, 0.3) is 0 Å². The van der Waals surface area contributed by atoms with E-state index in [0.29, 0.717) is 18.1 Å². The van der Waals surface area contributed by atoms with Crippen molar-refractivity contribution >= 4 is 23.2 Å². The van der Waals surface area contributed by atoms with Gasteiger partial charge in [-0.25, -0.2) is 0 Å². The number of rotatable bonds is 5. The van der Waals surface area contributed by atoms with Gasteiger partial charge in [-0.15, -0.1) is 0 Å². The zero-order valence-electron chi connectivity index (χ0n) is 13.2. The first-order valence-electron chi connectivity index (χ1n) is 7.25. The molecule has 3 nitrogen and oxygen atoms in total. The van der Waals surface area contributed by atoms with E-state index in [2.05, 4.69) is 5.32 Å². The number of hydrogen-bond donors (Lipinski definition) is 1. The smallest absolute Gasteiger partial charge is 0.238 e. The van der Waals surface area contributed by atoms with Crippen LogP contribution in [0.3, 0.4) is 0 Å².